The zero-order valence-electron chi connectivity index (χ0n) is 13.5. The molecule has 0 spiro atoms. The number of alkyl carbamates (subject to hydrolysis) is 1. The first-order valence-corrected chi connectivity index (χ1v) is 7.63. The highest BCUT2D eigenvalue weighted by Gasteiger charge is 2.30. The smallest absolute Gasteiger partial charge is 0.407 e. The van der Waals surface area contributed by atoms with E-state index >= 15 is 0 Å². The van der Waals surface area contributed by atoms with E-state index in [1.54, 1.807) is 25.7 Å². The largest absolute Gasteiger partial charge is 0.444 e. The van der Waals surface area contributed by atoms with E-state index in [0.29, 0.717) is 0 Å². The molecular weight excluding hydrogens is 272 g/mol. The highest BCUT2D eigenvalue weighted by Crippen LogP contribution is 2.23. The minimum absolute atomic E-state index is 0.00439. The van der Waals surface area contributed by atoms with Gasteiger partial charge in [-0.05, 0) is 47.0 Å². The van der Waals surface area contributed by atoms with Gasteiger partial charge < -0.3 is 20.1 Å². The number of likely N-dealkylation sites (tertiary alicyclic amines) is 1. The Morgan fingerprint density at radius 2 is 2.00 bits per heavy atom. The number of nitrogens with one attached hydrogen (secondary N) is 1. The number of carbonyl (C=O) groups is 2. The van der Waals surface area contributed by atoms with Crippen LogP contribution in [0.15, 0.2) is 0 Å². The van der Waals surface area contributed by atoms with Gasteiger partial charge in [-0.2, -0.15) is 0 Å². The van der Waals surface area contributed by atoms with Crippen LogP contribution in [0.2, 0.25) is 0 Å². The lowest BCUT2D eigenvalue weighted by molar-refractivity contribution is -0.138. The van der Waals surface area contributed by atoms with E-state index in [4.69, 9.17) is 4.74 Å². The van der Waals surface area contributed by atoms with Crippen molar-refractivity contribution in [3.63, 3.8) is 0 Å². The number of hydrogen-bond acceptors (Lipinski definition) is 4. The second-order valence-electron chi connectivity index (χ2n) is 6.60. The lowest BCUT2D eigenvalue weighted by Crippen LogP contribution is -2.51. The van der Waals surface area contributed by atoms with E-state index < -0.39 is 11.7 Å². The topological polar surface area (TPSA) is 78.9 Å². The number of hydrogen-bond donors (Lipinski definition) is 2. The Kier molecular flexibility index (Phi) is 6.45. The lowest BCUT2D eigenvalue weighted by Gasteiger charge is -2.40. The van der Waals surface area contributed by atoms with Crippen molar-refractivity contribution < 1.29 is 19.4 Å². The molecule has 2 atom stereocenters. The molecule has 21 heavy (non-hydrogen) atoms. The van der Waals surface area contributed by atoms with Gasteiger partial charge in [-0.3, -0.25) is 4.79 Å². The van der Waals surface area contributed by atoms with Gasteiger partial charge in [-0.15, -0.1) is 0 Å². The van der Waals surface area contributed by atoms with Crippen LogP contribution in [-0.4, -0.2) is 52.8 Å². The number of aliphatic hydroxyl groups excluding tert-OH is 1. The molecule has 0 aromatic carbocycles. The number of rotatable bonds is 4. The van der Waals surface area contributed by atoms with Crippen LogP contribution in [0.4, 0.5) is 4.79 Å². The van der Waals surface area contributed by atoms with E-state index in [2.05, 4.69) is 5.32 Å². The summed E-state index contributed by atoms with van der Waals surface area (Å²) in [5.74, 6) is -0.0303. The molecule has 0 unspecified atom stereocenters. The highest BCUT2D eigenvalue weighted by molar-refractivity contribution is 5.78. The molecule has 0 aromatic rings. The van der Waals surface area contributed by atoms with E-state index in [-0.39, 0.29) is 37.6 Å². The molecule has 6 heteroatoms. The maximum absolute atomic E-state index is 12.3. The van der Waals surface area contributed by atoms with Gasteiger partial charge in [0.2, 0.25) is 5.91 Å². The van der Waals surface area contributed by atoms with Crippen molar-refractivity contribution in [1.29, 1.82) is 0 Å². The number of aliphatic hydroxyl groups is 1. The molecule has 1 aliphatic heterocycles. The van der Waals surface area contributed by atoms with Gasteiger partial charge in [0.05, 0.1) is 12.6 Å². The van der Waals surface area contributed by atoms with Crippen LogP contribution in [0.3, 0.4) is 0 Å². The molecule has 0 bridgehead atoms. The van der Waals surface area contributed by atoms with Gasteiger partial charge in [0.15, 0.2) is 0 Å². The lowest BCUT2D eigenvalue weighted by atomic mass is 9.96. The molecule has 122 valence electrons. The standard InChI is InChI=1S/C15H28N2O4/c1-11-6-5-7-12(10-18)17(11)13(19)8-9-16-14(20)21-15(2,3)4/h11-12,18H,5-10H2,1-4H3,(H,16,20)/t11-,12+/m0/s1. The Hall–Kier alpha value is -1.30. The van der Waals surface area contributed by atoms with Crippen molar-refractivity contribution in [1.82, 2.24) is 10.2 Å². The van der Waals surface area contributed by atoms with Crippen molar-refractivity contribution in [3.8, 4) is 0 Å². The van der Waals surface area contributed by atoms with E-state index in [1.807, 2.05) is 6.92 Å². The molecule has 1 fully saturated rings. The highest BCUT2D eigenvalue weighted by atomic mass is 16.6. The minimum atomic E-state index is -0.544. The molecule has 0 aromatic heterocycles. The third-order valence-electron chi connectivity index (χ3n) is 3.53. The predicted molar refractivity (Wildman–Crippen MR) is 79.9 cm³/mol. The molecule has 6 nitrogen and oxygen atoms in total. The fourth-order valence-electron chi connectivity index (χ4n) is 2.63. The van der Waals surface area contributed by atoms with Gasteiger partial charge in [-0.25, -0.2) is 4.79 Å². The summed E-state index contributed by atoms with van der Waals surface area (Å²) in [4.78, 5) is 25.5. The molecule has 1 rings (SSSR count). The number of piperidine rings is 1. The molecule has 1 heterocycles. The summed E-state index contributed by atoms with van der Waals surface area (Å²) in [6, 6.07) is 0.0488. The Morgan fingerprint density at radius 1 is 1.33 bits per heavy atom. The fourth-order valence-corrected chi connectivity index (χ4v) is 2.63. The second kappa shape index (κ2) is 7.64. The first kappa shape index (κ1) is 17.8. The predicted octanol–water partition coefficient (Wildman–Crippen LogP) is 1.66. The van der Waals surface area contributed by atoms with E-state index in [0.717, 1.165) is 19.3 Å². The van der Waals surface area contributed by atoms with Crippen molar-refractivity contribution >= 4 is 12.0 Å². The van der Waals surface area contributed by atoms with Gasteiger partial charge in [-0.1, -0.05) is 0 Å². The maximum atomic E-state index is 12.3. The third kappa shape index (κ3) is 5.91. The Labute approximate surface area is 126 Å². The van der Waals surface area contributed by atoms with Gasteiger partial charge in [0.25, 0.3) is 0 Å². The summed E-state index contributed by atoms with van der Waals surface area (Å²) in [6.45, 7) is 7.61. The van der Waals surface area contributed by atoms with Crippen LogP contribution in [-0.2, 0) is 9.53 Å². The Morgan fingerprint density at radius 3 is 2.57 bits per heavy atom. The van der Waals surface area contributed by atoms with Gasteiger partial charge in [0.1, 0.15) is 5.60 Å². The molecule has 0 radical (unpaired) electrons. The van der Waals surface area contributed by atoms with Crippen molar-refractivity contribution in [2.24, 2.45) is 0 Å². The van der Waals surface area contributed by atoms with Crippen LogP contribution in [0, 0.1) is 0 Å². The molecular formula is C15H28N2O4. The Bertz CT molecular complexity index is 365. The average molecular weight is 300 g/mol. The number of ether oxygens (including phenoxy) is 1. The van der Waals surface area contributed by atoms with Crippen LogP contribution in [0.25, 0.3) is 0 Å². The van der Waals surface area contributed by atoms with Crippen molar-refractivity contribution in [3.05, 3.63) is 0 Å². The Balaban J connectivity index is 2.40. The summed E-state index contributed by atoms with van der Waals surface area (Å²) in [5, 5.41) is 12.0. The van der Waals surface area contributed by atoms with Crippen LogP contribution >= 0.6 is 0 Å². The molecule has 0 aliphatic carbocycles. The maximum Gasteiger partial charge on any atom is 0.407 e. The first-order chi connectivity index (χ1) is 9.74. The first-order valence-electron chi connectivity index (χ1n) is 7.63. The SMILES string of the molecule is C[C@H]1CCC[C@H](CO)N1C(=O)CCNC(=O)OC(C)(C)C. The average Bonchev–Trinajstić information content (AvgIpc) is 2.35. The van der Waals surface area contributed by atoms with Crippen LogP contribution in [0.5, 0.6) is 0 Å². The normalized spacial score (nSPS) is 22.8. The second-order valence-corrected chi connectivity index (χ2v) is 6.60. The molecule has 1 saturated heterocycles. The number of amides is 2. The van der Waals surface area contributed by atoms with Crippen LogP contribution in [0.1, 0.15) is 53.4 Å². The summed E-state index contributed by atoms with van der Waals surface area (Å²) in [7, 11) is 0. The molecule has 2 amide bonds. The zero-order chi connectivity index (χ0) is 16.0. The summed E-state index contributed by atoms with van der Waals surface area (Å²) in [5.41, 5.74) is -0.544. The summed E-state index contributed by atoms with van der Waals surface area (Å²) in [6.07, 6.45) is 2.54. The van der Waals surface area contributed by atoms with Gasteiger partial charge in [0, 0.05) is 19.0 Å². The quantitative estimate of drug-likeness (QED) is 0.827. The molecule has 0 saturated carbocycles. The van der Waals surface area contributed by atoms with E-state index in [1.165, 1.54) is 0 Å². The van der Waals surface area contributed by atoms with Crippen LogP contribution < -0.4 is 5.32 Å². The van der Waals surface area contributed by atoms with Crippen molar-refractivity contribution in [2.45, 2.75) is 71.1 Å². The van der Waals surface area contributed by atoms with Crippen molar-refractivity contribution in [2.75, 3.05) is 13.2 Å². The molecule has 2 N–H and O–H groups in total. The number of nitrogens with zero attached hydrogens (tertiary/aromatic N) is 1. The summed E-state index contributed by atoms with van der Waals surface area (Å²) >= 11 is 0. The van der Waals surface area contributed by atoms with E-state index in [9.17, 15) is 14.7 Å². The zero-order valence-corrected chi connectivity index (χ0v) is 13.5. The third-order valence-corrected chi connectivity index (χ3v) is 3.53. The summed E-state index contributed by atoms with van der Waals surface area (Å²) < 4.78 is 5.11. The van der Waals surface area contributed by atoms with Gasteiger partial charge >= 0.3 is 6.09 Å². The monoisotopic (exact) mass is 300 g/mol. The number of carbonyl (C=O) groups excluding carboxylic acids is 2. The minimum Gasteiger partial charge on any atom is -0.444 e. The molecule has 1 aliphatic rings. The fraction of sp³-hybridized carbons (Fsp3) is 0.867.